The maximum Gasteiger partial charge on any atom is 0.416 e. The number of fused-ring (bicyclic) bond motifs is 9. The Labute approximate surface area is 284 Å². The van der Waals surface area contributed by atoms with Gasteiger partial charge in [-0.1, -0.05) is 33.3 Å². The van der Waals surface area contributed by atoms with Crippen molar-refractivity contribution in [1.82, 2.24) is 9.88 Å². The fourth-order valence-corrected chi connectivity index (χ4v) is 12.0. The second-order valence-electron chi connectivity index (χ2n) is 12.9. The zero-order valence-corrected chi connectivity index (χ0v) is 28.0. The number of thiazole rings is 1. The molecule has 8 rings (SSSR count). The first-order chi connectivity index (χ1) is 22.5. The van der Waals surface area contributed by atoms with Crippen LogP contribution < -0.4 is 14.5 Å². The summed E-state index contributed by atoms with van der Waals surface area (Å²) < 4.78 is 47.7. The number of aromatic amines is 1. The molecule has 0 unspecified atom stereocenters. The number of carbonyl (C=O) groups is 3. The van der Waals surface area contributed by atoms with Crippen molar-refractivity contribution in [3.05, 3.63) is 72.6 Å². The minimum absolute atomic E-state index is 0.0692. The van der Waals surface area contributed by atoms with E-state index < -0.39 is 35.4 Å². The highest BCUT2D eigenvalue weighted by Gasteiger charge is 2.70. The Morgan fingerprint density at radius 2 is 1.74 bits per heavy atom. The van der Waals surface area contributed by atoms with Gasteiger partial charge in [-0.25, -0.2) is 0 Å². The molecule has 2 aliphatic carbocycles. The number of aromatic nitrogens is 1. The molecule has 3 aromatic rings. The summed E-state index contributed by atoms with van der Waals surface area (Å²) in [6.45, 7) is 1.28. The van der Waals surface area contributed by atoms with Crippen LogP contribution in [0, 0.1) is 29.6 Å². The number of imide groups is 1. The Morgan fingerprint density at radius 3 is 2.49 bits per heavy atom. The molecule has 47 heavy (non-hydrogen) atoms. The van der Waals surface area contributed by atoms with Crippen LogP contribution >= 0.6 is 39.0 Å². The number of ether oxygens (including phenoxy) is 1. The van der Waals surface area contributed by atoms with Crippen molar-refractivity contribution in [3.63, 3.8) is 0 Å². The second-order valence-corrected chi connectivity index (χ2v) is 16.1. The number of nitrogens with one attached hydrogen (secondary N) is 1. The summed E-state index contributed by atoms with van der Waals surface area (Å²) in [5, 5.41) is 0.598. The molecule has 2 bridgehead atoms. The second kappa shape index (κ2) is 11.5. The molecule has 1 aromatic heterocycles. The number of hydrogen-bond acceptors (Lipinski definition) is 7. The lowest BCUT2D eigenvalue weighted by atomic mass is 9.68. The standard InChI is InChI=1S/C33H29BrF3N3O5S2/c34-16-7-8-21(45-14-22(41)39-9-2-1-3-10-39)18(12-16)23-24-19-13-20(27(24)46-29-28(23)47-32(44)38-29)26-25(19)30(42)40(31(26)43)17-6-4-5-15(11-17)33(35,36)37/h4-8,11-12,19-20,23-27H,1-3,9-10,13-14H2,(H,38,44)/t19-,20-,23+,24-,25+,26+,27-/m1/s1. The van der Waals surface area contributed by atoms with E-state index in [2.05, 4.69) is 20.9 Å². The first kappa shape index (κ1) is 31.2. The Balaban J connectivity index is 1.15. The third-order valence-corrected chi connectivity index (χ3v) is 13.6. The average molecular weight is 749 g/mol. The van der Waals surface area contributed by atoms with Gasteiger partial charge in [-0.2, -0.15) is 13.2 Å². The summed E-state index contributed by atoms with van der Waals surface area (Å²) >= 11 is 6.23. The van der Waals surface area contributed by atoms with E-state index in [1.807, 2.05) is 23.1 Å². The maximum absolute atomic E-state index is 14.1. The van der Waals surface area contributed by atoms with Crippen LogP contribution in [-0.2, 0) is 20.6 Å². The van der Waals surface area contributed by atoms with Crippen LogP contribution in [0.4, 0.5) is 18.9 Å². The number of anilines is 1. The zero-order chi connectivity index (χ0) is 32.8. The van der Waals surface area contributed by atoms with Crippen molar-refractivity contribution < 1.29 is 32.3 Å². The number of rotatable bonds is 5. The summed E-state index contributed by atoms with van der Waals surface area (Å²) in [4.78, 5) is 60.1. The van der Waals surface area contributed by atoms with Gasteiger partial charge in [-0.05, 0) is 79.8 Å². The highest BCUT2D eigenvalue weighted by Crippen LogP contribution is 2.69. The number of nitrogens with zero attached hydrogens (tertiary/aromatic N) is 2. The molecular weight excluding hydrogens is 719 g/mol. The van der Waals surface area contributed by atoms with Crippen molar-refractivity contribution in [2.75, 3.05) is 24.6 Å². The summed E-state index contributed by atoms with van der Waals surface area (Å²) in [6, 6.07) is 9.95. The lowest BCUT2D eigenvalue weighted by Crippen LogP contribution is -2.43. The number of likely N-dealkylation sites (tertiary alicyclic amines) is 1. The monoisotopic (exact) mass is 747 g/mol. The van der Waals surface area contributed by atoms with E-state index >= 15 is 0 Å². The number of alkyl halides is 3. The van der Waals surface area contributed by atoms with E-state index in [9.17, 15) is 32.3 Å². The molecule has 2 aromatic carbocycles. The predicted molar refractivity (Wildman–Crippen MR) is 172 cm³/mol. The largest absolute Gasteiger partial charge is 0.483 e. The van der Waals surface area contributed by atoms with E-state index in [0.717, 1.165) is 67.6 Å². The van der Waals surface area contributed by atoms with Crippen molar-refractivity contribution >= 4 is 62.4 Å². The number of hydrogen-bond donors (Lipinski definition) is 1. The highest BCUT2D eigenvalue weighted by molar-refractivity contribution is 9.10. The van der Waals surface area contributed by atoms with Gasteiger partial charge in [-0.15, -0.1) is 11.8 Å². The Hall–Kier alpha value is -3.10. The fraction of sp³-hybridized carbons (Fsp3) is 0.455. The minimum Gasteiger partial charge on any atom is -0.483 e. The molecular formula is C33H29BrF3N3O5S2. The van der Waals surface area contributed by atoms with Crippen LogP contribution in [0.2, 0.25) is 0 Å². The molecule has 0 radical (unpaired) electrons. The van der Waals surface area contributed by atoms with Crippen molar-refractivity contribution in [2.24, 2.45) is 29.6 Å². The molecule has 1 N–H and O–H groups in total. The van der Waals surface area contributed by atoms with Gasteiger partial charge in [0, 0.05) is 39.2 Å². The van der Waals surface area contributed by atoms with Crippen LogP contribution in [0.5, 0.6) is 5.75 Å². The molecule has 14 heteroatoms. The lowest BCUT2D eigenvalue weighted by molar-refractivity contribution is -0.137. The molecule has 2 saturated heterocycles. The molecule has 246 valence electrons. The minimum atomic E-state index is -4.62. The molecule has 0 spiro atoms. The smallest absolute Gasteiger partial charge is 0.416 e. The van der Waals surface area contributed by atoms with Crippen molar-refractivity contribution in [2.45, 2.75) is 48.1 Å². The van der Waals surface area contributed by atoms with Gasteiger partial charge < -0.3 is 14.6 Å². The van der Waals surface area contributed by atoms with Gasteiger partial charge in [0.15, 0.2) is 6.61 Å². The molecule has 7 atom stereocenters. The van der Waals surface area contributed by atoms with Crippen LogP contribution in [0.3, 0.4) is 0 Å². The Kier molecular flexibility index (Phi) is 7.64. The van der Waals surface area contributed by atoms with Gasteiger partial charge in [0.2, 0.25) is 11.8 Å². The van der Waals surface area contributed by atoms with E-state index in [1.54, 1.807) is 0 Å². The fourth-order valence-electron chi connectivity index (χ4n) is 8.71. The first-order valence-electron chi connectivity index (χ1n) is 15.7. The van der Waals surface area contributed by atoms with E-state index in [4.69, 9.17) is 4.74 Å². The molecule has 4 fully saturated rings. The van der Waals surface area contributed by atoms with Crippen molar-refractivity contribution in [1.29, 1.82) is 0 Å². The highest BCUT2D eigenvalue weighted by atomic mass is 79.9. The Morgan fingerprint density at radius 1 is 1.00 bits per heavy atom. The van der Waals surface area contributed by atoms with Gasteiger partial charge in [0.05, 0.1) is 28.1 Å². The molecule has 2 saturated carbocycles. The number of thioether (sulfide) groups is 1. The summed E-state index contributed by atoms with van der Waals surface area (Å²) in [5.74, 6) is -2.80. The van der Waals surface area contributed by atoms with Gasteiger partial charge in [0.25, 0.3) is 5.91 Å². The number of H-pyrrole nitrogens is 1. The van der Waals surface area contributed by atoms with E-state index in [1.165, 1.54) is 23.9 Å². The number of piperidine rings is 1. The molecule has 8 nitrogen and oxygen atoms in total. The van der Waals surface area contributed by atoms with Gasteiger partial charge in [0.1, 0.15) is 5.75 Å². The first-order valence-corrected chi connectivity index (χ1v) is 18.1. The molecule has 4 heterocycles. The zero-order valence-electron chi connectivity index (χ0n) is 24.8. The molecule has 3 aliphatic heterocycles. The summed E-state index contributed by atoms with van der Waals surface area (Å²) in [5.41, 5.74) is -0.206. The number of halogens is 4. The molecule has 3 amide bonds. The van der Waals surface area contributed by atoms with Crippen LogP contribution in [0.1, 0.15) is 47.6 Å². The Bertz CT molecular complexity index is 1860. The van der Waals surface area contributed by atoms with E-state index in [-0.39, 0.29) is 52.0 Å². The van der Waals surface area contributed by atoms with Crippen LogP contribution in [0.25, 0.3) is 0 Å². The van der Waals surface area contributed by atoms with Crippen LogP contribution in [0.15, 0.2) is 56.8 Å². The predicted octanol–water partition coefficient (Wildman–Crippen LogP) is 6.29. The number of benzene rings is 2. The lowest BCUT2D eigenvalue weighted by Gasteiger charge is -2.43. The topological polar surface area (TPSA) is 99.8 Å². The van der Waals surface area contributed by atoms with Gasteiger partial charge in [-0.3, -0.25) is 24.1 Å². The quantitative estimate of drug-likeness (QED) is 0.309. The maximum atomic E-state index is 14.1. The van der Waals surface area contributed by atoms with E-state index in [0.29, 0.717) is 25.3 Å². The third kappa shape index (κ3) is 5.08. The normalized spacial score (nSPS) is 29.6. The van der Waals surface area contributed by atoms with Crippen LogP contribution in [-0.4, -0.2) is 52.6 Å². The third-order valence-electron chi connectivity index (χ3n) is 10.5. The summed E-state index contributed by atoms with van der Waals surface area (Å²) in [7, 11) is 0. The molecule has 5 aliphatic rings. The van der Waals surface area contributed by atoms with Gasteiger partial charge >= 0.3 is 11.0 Å². The summed E-state index contributed by atoms with van der Waals surface area (Å²) in [6.07, 6.45) is -0.971. The average Bonchev–Trinajstić information content (AvgIpc) is 3.79. The van der Waals surface area contributed by atoms with Crippen molar-refractivity contribution in [3.8, 4) is 5.75 Å². The number of amides is 3. The SMILES string of the molecule is O=C(COc1ccc(Br)cc1[C@@H]1c2sc(=O)[nH]c2S[C@@H]2[C@@H]3C[C@@H]([C@@H]4C(=O)N(c5cccc(C(F)(F)F)c5)C(=O)[C@@H]34)[C@H]12)N1CCCCC1. The number of carbonyl (C=O) groups excluding carboxylic acids is 3.